The minimum Gasteiger partial charge on any atom is -0.319 e. The Morgan fingerprint density at radius 1 is 1.37 bits per heavy atom. The van der Waals surface area contributed by atoms with Crippen LogP contribution in [0.1, 0.15) is 17.2 Å². The maximum absolute atomic E-state index is 12.6. The van der Waals surface area contributed by atoms with E-state index >= 15 is 0 Å². The Labute approximate surface area is 162 Å². The van der Waals surface area contributed by atoms with Gasteiger partial charge in [0, 0.05) is 36.8 Å². The van der Waals surface area contributed by atoms with Crippen LogP contribution in [-0.2, 0) is 4.79 Å². The number of halogens is 1. The van der Waals surface area contributed by atoms with Gasteiger partial charge in [0.25, 0.3) is 5.69 Å². The SMILES string of the molecule is Cc1cccc([N+](=O)[O-])c1NC(=O)CN1CCNCC1c1cccc(Cl)c1. The molecule has 0 aliphatic carbocycles. The van der Waals surface area contributed by atoms with Gasteiger partial charge in [0.15, 0.2) is 0 Å². The molecule has 3 rings (SSSR count). The van der Waals surface area contributed by atoms with E-state index in [9.17, 15) is 14.9 Å². The first kappa shape index (κ1) is 19.3. The van der Waals surface area contributed by atoms with Crippen molar-refractivity contribution in [2.45, 2.75) is 13.0 Å². The van der Waals surface area contributed by atoms with E-state index in [2.05, 4.69) is 15.5 Å². The van der Waals surface area contributed by atoms with E-state index in [1.165, 1.54) is 6.07 Å². The number of nitro benzene ring substituents is 1. The lowest BCUT2D eigenvalue weighted by atomic mass is 10.0. The molecule has 1 aliphatic heterocycles. The van der Waals surface area contributed by atoms with Crippen LogP contribution >= 0.6 is 11.6 Å². The van der Waals surface area contributed by atoms with Gasteiger partial charge < -0.3 is 10.6 Å². The Bertz CT molecular complexity index is 859. The molecule has 1 unspecified atom stereocenters. The number of nitrogens with zero attached hydrogens (tertiary/aromatic N) is 2. The summed E-state index contributed by atoms with van der Waals surface area (Å²) in [5.41, 5.74) is 1.84. The number of amides is 1. The molecule has 1 amide bonds. The average molecular weight is 389 g/mol. The van der Waals surface area contributed by atoms with Crippen molar-refractivity contribution >= 4 is 28.9 Å². The minimum atomic E-state index is -0.484. The van der Waals surface area contributed by atoms with Crippen molar-refractivity contribution in [3.05, 3.63) is 68.7 Å². The maximum atomic E-state index is 12.6. The van der Waals surface area contributed by atoms with Crippen LogP contribution in [0.5, 0.6) is 0 Å². The second kappa shape index (κ2) is 8.47. The summed E-state index contributed by atoms with van der Waals surface area (Å²) in [6.07, 6.45) is 0. The minimum absolute atomic E-state index is 0.00931. The molecule has 2 aromatic rings. The summed E-state index contributed by atoms with van der Waals surface area (Å²) in [7, 11) is 0. The number of hydrogen-bond donors (Lipinski definition) is 2. The van der Waals surface area contributed by atoms with Crippen molar-refractivity contribution in [3.8, 4) is 0 Å². The molecular formula is C19H21ClN4O3. The summed E-state index contributed by atoms with van der Waals surface area (Å²) in [6.45, 7) is 4.06. The van der Waals surface area contributed by atoms with Gasteiger partial charge in [-0.2, -0.15) is 0 Å². The normalized spacial score (nSPS) is 17.5. The lowest BCUT2D eigenvalue weighted by Crippen LogP contribution is -2.48. The smallest absolute Gasteiger partial charge is 0.293 e. The number of nitro groups is 1. The molecule has 0 radical (unpaired) electrons. The number of rotatable bonds is 5. The fourth-order valence-electron chi connectivity index (χ4n) is 3.31. The summed E-state index contributed by atoms with van der Waals surface area (Å²) < 4.78 is 0. The summed E-state index contributed by atoms with van der Waals surface area (Å²) >= 11 is 6.11. The van der Waals surface area contributed by atoms with Crippen LogP contribution in [0.2, 0.25) is 5.02 Å². The molecule has 0 bridgehead atoms. The monoisotopic (exact) mass is 388 g/mol. The largest absolute Gasteiger partial charge is 0.319 e. The number of para-hydroxylation sites is 1. The first-order valence-electron chi connectivity index (χ1n) is 8.70. The number of nitrogens with one attached hydrogen (secondary N) is 2. The molecule has 2 N–H and O–H groups in total. The zero-order chi connectivity index (χ0) is 19.4. The van der Waals surface area contributed by atoms with Gasteiger partial charge in [0.1, 0.15) is 5.69 Å². The van der Waals surface area contributed by atoms with Crippen LogP contribution in [-0.4, -0.2) is 41.9 Å². The molecule has 7 nitrogen and oxygen atoms in total. The van der Waals surface area contributed by atoms with Crippen molar-refractivity contribution < 1.29 is 9.72 Å². The Hall–Kier alpha value is -2.48. The van der Waals surface area contributed by atoms with E-state index in [1.807, 2.05) is 24.3 Å². The fraction of sp³-hybridized carbons (Fsp3) is 0.316. The highest BCUT2D eigenvalue weighted by Gasteiger charge is 2.26. The molecule has 1 fully saturated rings. The van der Waals surface area contributed by atoms with Crippen molar-refractivity contribution in [2.75, 3.05) is 31.5 Å². The van der Waals surface area contributed by atoms with E-state index in [-0.39, 0.29) is 29.9 Å². The molecular weight excluding hydrogens is 368 g/mol. The van der Waals surface area contributed by atoms with Crippen LogP contribution in [0.4, 0.5) is 11.4 Å². The lowest BCUT2D eigenvalue weighted by molar-refractivity contribution is -0.384. The molecule has 8 heteroatoms. The summed E-state index contributed by atoms with van der Waals surface area (Å²) in [5, 5.41) is 17.9. The van der Waals surface area contributed by atoms with E-state index in [4.69, 9.17) is 11.6 Å². The van der Waals surface area contributed by atoms with E-state index in [1.54, 1.807) is 19.1 Å². The molecule has 1 aliphatic rings. The molecule has 0 aromatic heterocycles. The number of aryl methyl sites for hydroxylation is 1. The van der Waals surface area contributed by atoms with Crippen molar-refractivity contribution in [1.29, 1.82) is 0 Å². The van der Waals surface area contributed by atoms with Gasteiger partial charge in [-0.05, 0) is 30.2 Å². The van der Waals surface area contributed by atoms with E-state index in [0.717, 1.165) is 12.1 Å². The number of carbonyl (C=O) groups is 1. The highest BCUT2D eigenvalue weighted by molar-refractivity contribution is 6.30. The zero-order valence-corrected chi connectivity index (χ0v) is 15.7. The fourth-order valence-corrected chi connectivity index (χ4v) is 3.51. The molecule has 142 valence electrons. The number of benzene rings is 2. The van der Waals surface area contributed by atoms with E-state index in [0.29, 0.717) is 23.7 Å². The third-order valence-electron chi connectivity index (χ3n) is 4.65. The predicted octanol–water partition coefficient (Wildman–Crippen LogP) is 3.14. The molecule has 0 spiro atoms. The van der Waals surface area contributed by atoms with Crippen molar-refractivity contribution in [3.63, 3.8) is 0 Å². The molecule has 1 atom stereocenters. The van der Waals surface area contributed by atoms with Gasteiger partial charge in [-0.3, -0.25) is 19.8 Å². The molecule has 1 heterocycles. The topological polar surface area (TPSA) is 87.5 Å². The van der Waals surface area contributed by atoms with Crippen molar-refractivity contribution in [1.82, 2.24) is 10.2 Å². The third-order valence-corrected chi connectivity index (χ3v) is 4.88. The molecule has 27 heavy (non-hydrogen) atoms. The second-order valence-corrected chi connectivity index (χ2v) is 6.96. The predicted molar refractivity (Wildman–Crippen MR) is 105 cm³/mol. The van der Waals surface area contributed by atoms with Crippen LogP contribution in [0.15, 0.2) is 42.5 Å². The summed E-state index contributed by atoms with van der Waals surface area (Å²) in [4.78, 5) is 25.4. The first-order valence-corrected chi connectivity index (χ1v) is 9.07. The van der Waals surface area contributed by atoms with Crippen molar-refractivity contribution in [2.24, 2.45) is 0 Å². The number of piperazine rings is 1. The summed E-state index contributed by atoms with van der Waals surface area (Å²) in [6, 6.07) is 12.3. The first-order chi connectivity index (χ1) is 13.0. The maximum Gasteiger partial charge on any atom is 0.293 e. The van der Waals surface area contributed by atoms with Gasteiger partial charge in [-0.15, -0.1) is 0 Å². The van der Waals surface area contributed by atoms with Crippen LogP contribution < -0.4 is 10.6 Å². The van der Waals surface area contributed by atoms with E-state index < -0.39 is 4.92 Å². The van der Waals surface area contributed by atoms with Crippen LogP contribution in [0, 0.1) is 17.0 Å². The molecule has 0 saturated carbocycles. The quantitative estimate of drug-likeness (QED) is 0.607. The van der Waals surface area contributed by atoms with Gasteiger partial charge in [0.2, 0.25) is 5.91 Å². The van der Waals surface area contributed by atoms with Gasteiger partial charge in [-0.25, -0.2) is 0 Å². The number of carbonyl (C=O) groups excluding carboxylic acids is 1. The average Bonchev–Trinajstić information content (AvgIpc) is 2.63. The third kappa shape index (κ3) is 4.63. The highest BCUT2D eigenvalue weighted by atomic mass is 35.5. The number of hydrogen-bond acceptors (Lipinski definition) is 5. The summed E-state index contributed by atoms with van der Waals surface area (Å²) in [5.74, 6) is -0.277. The van der Waals surface area contributed by atoms with Gasteiger partial charge in [0.05, 0.1) is 11.5 Å². The lowest BCUT2D eigenvalue weighted by Gasteiger charge is -2.36. The zero-order valence-electron chi connectivity index (χ0n) is 14.9. The van der Waals surface area contributed by atoms with Gasteiger partial charge in [-0.1, -0.05) is 35.9 Å². The molecule has 2 aromatic carbocycles. The standard InChI is InChI=1S/C19H21ClN4O3/c1-13-4-2-7-16(24(26)27)19(13)22-18(25)12-23-9-8-21-11-17(23)14-5-3-6-15(20)10-14/h2-7,10,17,21H,8-9,11-12H2,1H3,(H,22,25). The Balaban J connectivity index is 1.76. The van der Waals surface area contributed by atoms with Crippen LogP contribution in [0.3, 0.4) is 0 Å². The Morgan fingerprint density at radius 2 is 2.15 bits per heavy atom. The highest BCUT2D eigenvalue weighted by Crippen LogP contribution is 2.28. The Morgan fingerprint density at radius 3 is 2.89 bits per heavy atom. The Kier molecular flexibility index (Phi) is 6.05. The van der Waals surface area contributed by atoms with Crippen LogP contribution in [0.25, 0.3) is 0 Å². The number of anilines is 1. The second-order valence-electron chi connectivity index (χ2n) is 6.52. The molecule has 1 saturated heterocycles. The van der Waals surface area contributed by atoms with Gasteiger partial charge >= 0.3 is 0 Å².